The average Bonchev–Trinajstić information content (AvgIpc) is 2.38. The number of hydrogen-bond donors (Lipinski definition) is 1. The van der Waals surface area contributed by atoms with Gasteiger partial charge in [0.15, 0.2) is 0 Å². The van der Waals surface area contributed by atoms with Gasteiger partial charge in [-0.25, -0.2) is 0 Å². The first kappa shape index (κ1) is 12.2. The fraction of sp³-hybridized carbons (Fsp3) is 0.538. The van der Waals surface area contributed by atoms with Crippen LogP contribution >= 0.6 is 0 Å². The van der Waals surface area contributed by atoms with Gasteiger partial charge in [0.05, 0.1) is 14.2 Å². The standard InChI is InChI=1S/C13H19NO3/c1-15-9-5-6-12(16-2)10(8-9)13-11(14)4-3-7-17-13/h5-6,8,11,13H,3-4,7,14H2,1-2H3. The number of nitrogens with two attached hydrogens (primary N) is 1. The Hall–Kier alpha value is -1.26. The Balaban J connectivity index is 2.33. The average molecular weight is 237 g/mol. The van der Waals surface area contributed by atoms with Crippen molar-refractivity contribution in [3.8, 4) is 11.5 Å². The van der Waals surface area contributed by atoms with Crippen molar-refractivity contribution < 1.29 is 14.2 Å². The van der Waals surface area contributed by atoms with E-state index in [9.17, 15) is 0 Å². The molecule has 2 rings (SSSR count). The lowest BCUT2D eigenvalue weighted by Crippen LogP contribution is -2.34. The Morgan fingerprint density at radius 1 is 1.29 bits per heavy atom. The Labute approximate surface area is 102 Å². The minimum Gasteiger partial charge on any atom is -0.497 e. The minimum atomic E-state index is -0.103. The highest BCUT2D eigenvalue weighted by molar-refractivity contribution is 5.42. The van der Waals surface area contributed by atoms with Crippen LogP contribution in [0.15, 0.2) is 18.2 Å². The molecule has 1 heterocycles. The summed E-state index contributed by atoms with van der Waals surface area (Å²) in [5.74, 6) is 1.59. The summed E-state index contributed by atoms with van der Waals surface area (Å²) in [5, 5.41) is 0. The van der Waals surface area contributed by atoms with Crippen LogP contribution in [0.1, 0.15) is 24.5 Å². The summed E-state index contributed by atoms with van der Waals surface area (Å²) < 4.78 is 16.3. The van der Waals surface area contributed by atoms with E-state index in [0.29, 0.717) is 0 Å². The molecule has 0 bridgehead atoms. The van der Waals surface area contributed by atoms with Gasteiger partial charge in [0.25, 0.3) is 0 Å². The molecule has 0 saturated carbocycles. The second-order valence-corrected chi connectivity index (χ2v) is 4.21. The molecule has 1 saturated heterocycles. The fourth-order valence-electron chi connectivity index (χ4n) is 2.19. The van der Waals surface area contributed by atoms with Gasteiger partial charge in [0.1, 0.15) is 17.6 Å². The fourth-order valence-corrected chi connectivity index (χ4v) is 2.19. The van der Waals surface area contributed by atoms with Gasteiger partial charge in [-0.15, -0.1) is 0 Å². The molecule has 2 atom stereocenters. The van der Waals surface area contributed by atoms with Gasteiger partial charge in [0.2, 0.25) is 0 Å². The molecule has 0 amide bonds. The molecule has 1 aromatic carbocycles. The third-order valence-corrected chi connectivity index (χ3v) is 3.11. The smallest absolute Gasteiger partial charge is 0.125 e. The maximum atomic E-state index is 6.10. The van der Waals surface area contributed by atoms with Gasteiger partial charge in [0, 0.05) is 18.2 Å². The normalized spacial score (nSPS) is 24.4. The Morgan fingerprint density at radius 3 is 2.76 bits per heavy atom. The van der Waals surface area contributed by atoms with Crippen LogP contribution in [-0.2, 0) is 4.74 Å². The van der Waals surface area contributed by atoms with Crippen LogP contribution in [0, 0.1) is 0 Å². The van der Waals surface area contributed by atoms with Crippen molar-refractivity contribution in [2.75, 3.05) is 20.8 Å². The van der Waals surface area contributed by atoms with Crippen LogP contribution in [0.25, 0.3) is 0 Å². The Bertz CT molecular complexity index is 381. The summed E-state index contributed by atoms with van der Waals surface area (Å²) in [4.78, 5) is 0. The molecule has 0 spiro atoms. The van der Waals surface area contributed by atoms with E-state index in [-0.39, 0.29) is 12.1 Å². The van der Waals surface area contributed by atoms with E-state index in [1.807, 2.05) is 18.2 Å². The molecular weight excluding hydrogens is 218 g/mol. The third kappa shape index (κ3) is 2.53. The zero-order chi connectivity index (χ0) is 12.3. The summed E-state index contributed by atoms with van der Waals surface area (Å²) in [6.07, 6.45) is 1.89. The van der Waals surface area contributed by atoms with Crippen molar-refractivity contribution in [3.63, 3.8) is 0 Å². The van der Waals surface area contributed by atoms with Crippen molar-refractivity contribution in [2.45, 2.75) is 25.0 Å². The number of benzene rings is 1. The summed E-state index contributed by atoms with van der Waals surface area (Å²) in [5.41, 5.74) is 7.08. The predicted molar refractivity (Wildman–Crippen MR) is 65.4 cm³/mol. The van der Waals surface area contributed by atoms with Crippen LogP contribution in [-0.4, -0.2) is 26.9 Å². The van der Waals surface area contributed by atoms with Gasteiger partial charge in [-0.1, -0.05) is 0 Å². The first-order valence-electron chi connectivity index (χ1n) is 5.85. The highest BCUT2D eigenvalue weighted by Crippen LogP contribution is 2.35. The lowest BCUT2D eigenvalue weighted by Gasteiger charge is -2.30. The molecule has 1 aliphatic heterocycles. The van der Waals surface area contributed by atoms with Crippen molar-refractivity contribution in [1.29, 1.82) is 0 Å². The van der Waals surface area contributed by atoms with E-state index in [4.69, 9.17) is 19.9 Å². The lowest BCUT2D eigenvalue weighted by molar-refractivity contribution is -0.00123. The number of rotatable bonds is 3. The van der Waals surface area contributed by atoms with E-state index >= 15 is 0 Å². The summed E-state index contributed by atoms with van der Waals surface area (Å²) in [6.45, 7) is 0.749. The quantitative estimate of drug-likeness (QED) is 0.872. The minimum absolute atomic E-state index is 0.0183. The molecular formula is C13H19NO3. The van der Waals surface area contributed by atoms with Gasteiger partial charge >= 0.3 is 0 Å². The van der Waals surface area contributed by atoms with E-state index in [2.05, 4.69) is 0 Å². The summed E-state index contributed by atoms with van der Waals surface area (Å²) in [6, 6.07) is 5.72. The monoisotopic (exact) mass is 237 g/mol. The number of methoxy groups -OCH3 is 2. The zero-order valence-electron chi connectivity index (χ0n) is 10.3. The van der Waals surface area contributed by atoms with Gasteiger partial charge < -0.3 is 19.9 Å². The van der Waals surface area contributed by atoms with Crippen molar-refractivity contribution in [1.82, 2.24) is 0 Å². The number of ether oxygens (including phenoxy) is 3. The molecule has 1 aliphatic rings. The van der Waals surface area contributed by atoms with Crippen LogP contribution < -0.4 is 15.2 Å². The van der Waals surface area contributed by atoms with Crippen molar-refractivity contribution in [3.05, 3.63) is 23.8 Å². The van der Waals surface area contributed by atoms with Crippen molar-refractivity contribution >= 4 is 0 Å². The summed E-state index contributed by atoms with van der Waals surface area (Å²) >= 11 is 0. The van der Waals surface area contributed by atoms with Crippen LogP contribution in [0.5, 0.6) is 11.5 Å². The highest BCUT2D eigenvalue weighted by atomic mass is 16.5. The highest BCUT2D eigenvalue weighted by Gasteiger charge is 2.27. The Morgan fingerprint density at radius 2 is 2.12 bits per heavy atom. The van der Waals surface area contributed by atoms with E-state index in [0.717, 1.165) is 36.5 Å². The first-order valence-corrected chi connectivity index (χ1v) is 5.85. The van der Waals surface area contributed by atoms with E-state index in [1.54, 1.807) is 14.2 Å². The predicted octanol–water partition coefficient (Wildman–Crippen LogP) is 1.88. The van der Waals surface area contributed by atoms with Crippen LogP contribution in [0.3, 0.4) is 0 Å². The maximum Gasteiger partial charge on any atom is 0.125 e. The van der Waals surface area contributed by atoms with Gasteiger partial charge in [-0.2, -0.15) is 0 Å². The SMILES string of the molecule is COc1ccc(OC)c(C2OCCCC2N)c1. The lowest BCUT2D eigenvalue weighted by atomic mass is 9.96. The number of hydrogen-bond acceptors (Lipinski definition) is 4. The first-order chi connectivity index (χ1) is 8.26. The zero-order valence-corrected chi connectivity index (χ0v) is 10.3. The third-order valence-electron chi connectivity index (χ3n) is 3.11. The molecule has 1 aromatic rings. The molecule has 4 heteroatoms. The molecule has 2 unspecified atom stereocenters. The molecule has 0 aromatic heterocycles. The topological polar surface area (TPSA) is 53.7 Å². The molecule has 1 fully saturated rings. The maximum absolute atomic E-state index is 6.10. The second-order valence-electron chi connectivity index (χ2n) is 4.21. The molecule has 0 radical (unpaired) electrons. The Kier molecular flexibility index (Phi) is 3.86. The molecule has 4 nitrogen and oxygen atoms in total. The summed E-state index contributed by atoms with van der Waals surface area (Å²) in [7, 11) is 3.30. The van der Waals surface area contributed by atoms with Crippen LogP contribution in [0.2, 0.25) is 0 Å². The van der Waals surface area contributed by atoms with E-state index < -0.39 is 0 Å². The van der Waals surface area contributed by atoms with Gasteiger partial charge in [-0.05, 0) is 31.0 Å². The molecule has 94 valence electrons. The molecule has 17 heavy (non-hydrogen) atoms. The largest absolute Gasteiger partial charge is 0.497 e. The van der Waals surface area contributed by atoms with E-state index in [1.165, 1.54) is 0 Å². The van der Waals surface area contributed by atoms with Crippen LogP contribution in [0.4, 0.5) is 0 Å². The molecule has 0 aliphatic carbocycles. The second kappa shape index (κ2) is 5.38. The van der Waals surface area contributed by atoms with Crippen molar-refractivity contribution in [2.24, 2.45) is 5.73 Å². The molecule has 2 N–H and O–H groups in total. The van der Waals surface area contributed by atoms with Gasteiger partial charge in [-0.3, -0.25) is 0 Å².